The molecule has 0 amide bonds. The molecule has 0 spiro atoms. The van der Waals surface area contributed by atoms with Crippen LogP contribution in [0, 0.1) is 11.8 Å². The molecule has 2 unspecified atom stereocenters. The average Bonchev–Trinajstić information content (AvgIpc) is 2.99. The van der Waals surface area contributed by atoms with Gasteiger partial charge in [0.1, 0.15) is 0 Å². The van der Waals surface area contributed by atoms with Crippen molar-refractivity contribution in [3.8, 4) is 0 Å². The van der Waals surface area contributed by atoms with Gasteiger partial charge in [0.15, 0.2) is 5.04 Å². The van der Waals surface area contributed by atoms with Crippen LogP contribution >= 0.6 is 0 Å². The number of sulfone groups is 1. The van der Waals surface area contributed by atoms with Crippen molar-refractivity contribution in [2.45, 2.75) is 11.3 Å². The fourth-order valence-electron chi connectivity index (χ4n) is 3.59. The zero-order chi connectivity index (χ0) is 13.9. The van der Waals surface area contributed by atoms with Crippen molar-refractivity contribution in [3.63, 3.8) is 0 Å². The van der Waals surface area contributed by atoms with Gasteiger partial charge >= 0.3 is 0 Å². The SMILES string of the molecule is CN1CC2C=C(C3=Nc4ccccc4S3(=O)=O)CC2C1. The highest BCUT2D eigenvalue weighted by Gasteiger charge is 2.41. The maximum atomic E-state index is 12.6. The molecule has 1 aromatic carbocycles. The molecule has 4 rings (SSSR count). The third-order valence-corrected chi connectivity index (χ3v) is 6.26. The Balaban J connectivity index is 1.74. The van der Waals surface area contributed by atoms with Gasteiger partial charge in [0.2, 0.25) is 9.84 Å². The fourth-order valence-corrected chi connectivity index (χ4v) is 5.16. The second-order valence-electron chi connectivity index (χ2n) is 5.93. The van der Waals surface area contributed by atoms with Crippen LogP contribution in [0.2, 0.25) is 0 Å². The first-order chi connectivity index (χ1) is 9.55. The summed E-state index contributed by atoms with van der Waals surface area (Å²) in [5, 5.41) is 0.288. The van der Waals surface area contributed by atoms with E-state index < -0.39 is 9.84 Å². The Kier molecular flexibility index (Phi) is 2.47. The zero-order valence-electron chi connectivity index (χ0n) is 11.3. The molecule has 1 aliphatic carbocycles. The van der Waals surface area contributed by atoms with E-state index in [4.69, 9.17) is 0 Å². The van der Waals surface area contributed by atoms with E-state index >= 15 is 0 Å². The smallest absolute Gasteiger partial charge is 0.226 e. The van der Waals surface area contributed by atoms with E-state index in [-0.39, 0.29) is 5.04 Å². The number of nitrogens with zero attached hydrogens (tertiary/aromatic N) is 2. The Morgan fingerprint density at radius 2 is 2.05 bits per heavy atom. The second kappa shape index (κ2) is 4.02. The maximum Gasteiger partial charge on any atom is 0.226 e. The second-order valence-corrected chi connectivity index (χ2v) is 7.76. The zero-order valence-corrected chi connectivity index (χ0v) is 12.1. The molecular weight excluding hydrogens is 272 g/mol. The minimum absolute atomic E-state index is 0.288. The van der Waals surface area contributed by atoms with Gasteiger partial charge in [-0.05, 0) is 43.0 Å². The Morgan fingerprint density at radius 3 is 2.80 bits per heavy atom. The molecule has 1 fully saturated rings. The summed E-state index contributed by atoms with van der Waals surface area (Å²) < 4.78 is 25.1. The van der Waals surface area contributed by atoms with E-state index in [1.54, 1.807) is 18.2 Å². The summed E-state index contributed by atoms with van der Waals surface area (Å²) in [6.45, 7) is 2.07. The topological polar surface area (TPSA) is 49.7 Å². The first kappa shape index (κ1) is 12.3. The third-order valence-electron chi connectivity index (χ3n) is 4.48. The standard InChI is InChI=1S/C15H16N2O2S/c1-17-8-11-6-10(7-12(11)9-17)15-16-13-4-2-3-5-14(13)20(15,18)19/h2-6,11-12H,7-9H2,1H3. The van der Waals surface area contributed by atoms with Crippen molar-refractivity contribution in [1.29, 1.82) is 0 Å². The molecule has 104 valence electrons. The van der Waals surface area contributed by atoms with Gasteiger partial charge in [0.25, 0.3) is 0 Å². The highest BCUT2D eigenvalue weighted by molar-refractivity contribution is 8.07. The Morgan fingerprint density at radius 1 is 1.25 bits per heavy atom. The van der Waals surface area contributed by atoms with Crippen molar-refractivity contribution >= 4 is 20.6 Å². The quantitative estimate of drug-likeness (QED) is 0.794. The number of aliphatic imine (C=N–C) groups is 1. The molecule has 0 bridgehead atoms. The lowest BCUT2D eigenvalue weighted by Gasteiger charge is -2.09. The van der Waals surface area contributed by atoms with E-state index in [0.717, 1.165) is 25.1 Å². The molecule has 0 saturated carbocycles. The summed E-state index contributed by atoms with van der Waals surface area (Å²) >= 11 is 0. The lowest BCUT2D eigenvalue weighted by atomic mass is 10.00. The number of hydrogen-bond acceptors (Lipinski definition) is 4. The number of fused-ring (bicyclic) bond motifs is 2. The van der Waals surface area contributed by atoms with E-state index in [1.165, 1.54) is 0 Å². The Labute approximate surface area is 118 Å². The molecule has 0 aromatic heterocycles. The summed E-state index contributed by atoms with van der Waals surface area (Å²) in [6, 6.07) is 6.99. The molecule has 20 heavy (non-hydrogen) atoms. The van der Waals surface area contributed by atoms with Gasteiger partial charge in [-0.2, -0.15) is 0 Å². The monoisotopic (exact) mass is 288 g/mol. The van der Waals surface area contributed by atoms with Crippen molar-refractivity contribution in [2.24, 2.45) is 16.8 Å². The van der Waals surface area contributed by atoms with E-state index in [1.807, 2.05) is 6.07 Å². The van der Waals surface area contributed by atoms with Crippen LogP contribution in [0.1, 0.15) is 6.42 Å². The van der Waals surface area contributed by atoms with Crippen LogP contribution in [-0.2, 0) is 9.84 Å². The predicted molar refractivity (Wildman–Crippen MR) is 77.9 cm³/mol. The molecule has 2 atom stereocenters. The highest BCUT2D eigenvalue weighted by Crippen LogP contribution is 2.42. The first-order valence-corrected chi connectivity index (χ1v) is 8.36. The largest absolute Gasteiger partial charge is 0.305 e. The van der Waals surface area contributed by atoms with Crippen molar-refractivity contribution in [3.05, 3.63) is 35.9 Å². The number of hydrogen-bond donors (Lipinski definition) is 0. The summed E-state index contributed by atoms with van der Waals surface area (Å²) in [6.07, 6.45) is 2.97. The molecule has 2 heterocycles. The number of para-hydroxylation sites is 1. The van der Waals surface area contributed by atoms with Crippen molar-refractivity contribution < 1.29 is 8.42 Å². The number of rotatable bonds is 1. The lowest BCUT2D eigenvalue weighted by molar-refractivity contribution is 0.393. The summed E-state index contributed by atoms with van der Waals surface area (Å²) in [5.41, 5.74) is 1.50. The van der Waals surface area contributed by atoms with Crippen LogP contribution in [0.5, 0.6) is 0 Å². The Bertz CT molecular complexity index is 749. The molecule has 5 heteroatoms. The molecule has 0 radical (unpaired) electrons. The van der Waals surface area contributed by atoms with E-state index in [0.29, 0.717) is 22.4 Å². The van der Waals surface area contributed by atoms with Crippen molar-refractivity contribution in [1.82, 2.24) is 4.90 Å². The normalized spacial score (nSPS) is 30.9. The van der Waals surface area contributed by atoms with Crippen LogP contribution in [0.25, 0.3) is 0 Å². The van der Waals surface area contributed by atoms with Crippen LogP contribution in [0.15, 0.2) is 45.8 Å². The summed E-state index contributed by atoms with van der Waals surface area (Å²) in [7, 11) is -1.29. The molecule has 4 nitrogen and oxygen atoms in total. The van der Waals surface area contributed by atoms with Gasteiger partial charge in [-0.1, -0.05) is 18.2 Å². The molecular formula is C15H16N2O2S. The van der Waals surface area contributed by atoms with Crippen molar-refractivity contribution in [2.75, 3.05) is 20.1 Å². The third kappa shape index (κ3) is 1.63. The van der Waals surface area contributed by atoms with Crippen LogP contribution in [0.4, 0.5) is 5.69 Å². The minimum atomic E-state index is -3.41. The van der Waals surface area contributed by atoms with Gasteiger partial charge in [-0.15, -0.1) is 0 Å². The minimum Gasteiger partial charge on any atom is -0.305 e. The van der Waals surface area contributed by atoms with Crippen LogP contribution in [0.3, 0.4) is 0 Å². The molecule has 0 N–H and O–H groups in total. The lowest BCUT2D eigenvalue weighted by Crippen LogP contribution is -2.17. The highest BCUT2D eigenvalue weighted by atomic mass is 32.2. The van der Waals surface area contributed by atoms with E-state index in [2.05, 4.69) is 23.0 Å². The fraction of sp³-hybridized carbons (Fsp3) is 0.400. The van der Waals surface area contributed by atoms with Gasteiger partial charge in [-0.3, -0.25) is 0 Å². The number of benzene rings is 1. The maximum absolute atomic E-state index is 12.6. The predicted octanol–water partition coefficient (Wildman–Crippen LogP) is 2.01. The summed E-state index contributed by atoms with van der Waals surface area (Å²) in [4.78, 5) is 7.04. The van der Waals surface area contributed by atoms with E-state index in [9.17, 15) is 8.42 Å². The molecule has 1 saturated heterocycles. The van der Waals surface area contributed by atoms with Gasteiger partial charge in [-0.25, -0.2) is 13.4 Å². The molecule has 3 aliphatic rings. The van der Waals surface area contributed by atoms with Gasteiger partial charge in [0.05, 0.1) is 10.6 Å². The van der Waals surface area contributed by atoms with Gasteiger partial charge < -0.3 is 4.90 Å². The van der Waals surface area contributed by atoms with Crippen LogP contribution in [-0.4, -0.2) is 38.5 Å². The average molecular weight is 288 g/mol. The first-order valence-electron chi connectivity index (χ1n) is 6.88. The van der Waals surface area contributed by atoms with Gasteiger partial charge in [0, 0.05) is 13.1 Å². The summed E-state index contributed by atoms with van der Waals surface area (Å²) in [5.74, 6) is 1.04. The van der Waals surface area contributed by atoms with Crippen LogP contribution < -0.4 is 0 Å². The molecule has 1 aromatic rings. The molecule has 2 aliphatic heterocycles. The number of likely N-dealkylation sites (tertiary alicyclic amines) is 1. The Hall–Kier alpha value is -1.46.